The molecule has 182 valence electrons. The van der Waals surface area contributed by atoms with E-state index in [1.165, 1.54) is 10.3 Å². The van der Waals surface area contributed by atoms with Crippen molar-refractivity contribution in [1.82, 2.24) is 19.9 Å². The summed E-state index contributed by atoms with van der Waals surface area (Å²) in [7, 11) is 2.00. The van der Waals surface area contributed by atoms with E-state index in [0.717, 1.165) is 36.5 Å². The summed E-state index contributed by atoms with van der Waals surface area (Å²) in [6.45, 7) is 0. The van der Waals surface area contributed by atoms with Gasteiger partial charge in [0.2, 0.25) is 0 Å². The van der Waals surface area contributed by atoms with Crippen LogP contribution in [0.3, 0.4) is 0 Å². The third-order valence-electron chi connectivity index (χ3n) is 3.31. The molecule has 2 N–H and O–H groups in total. The van der Waals surface area contributed by atoms with E-state index in [1.54, 1.807) is 24.8 Å². The zero-order valence-electron chi connectivity index (χ0n) is 19.0. The van der Waals surface area contributed by atoms with Gasteiger partial charge in [-0.3, -0.25) is 19.9 Å². The van der Waals surface area contributed by atoms with Crippen LogP contribution >= 0.6 is 24.4 Å². The van der Waals surface area contributed by atoms with Crippen molar-refractivity contribution in [3.8, 4) is 22.3 Å². The van der Waals surface area contributed by atoms with E-state index in [9.17, 15) is 0 Å². The molecule has 0 aromatic carbocycles. The van der Waals surface area contributed by atoms with Crippen LogP contribution in [-0.4, -0.2) is 54.7 Å². The molecule has 11 heteroatoms. The molecule has 0 aliphatic carbocycles. The Morgan fingerprint density at radius 1 is 0.543 bits per heavy atom. The van der Waals surface area contributed by atoms with Gasteiger partial charge >= 0.3 is 17.1 Å². The zero-order valence-corrected chi connectivity index (χ0v) is 21.7. The average molecular weight is 548 g/mol. The summed E-state index contributed by atoms with van der Waals surface area (Å²) in [4.78, 5) is 16.1. The van der Waals surface area contributed by atoms with Gasteiger partial charge in [0.15, 0.2) is 0 Å². The van der Waals surface area contributed by atoms with Crippen molar-refractivity contribution >= 4 is 34.8 Å². The molecule has 8 nitrogen and oxygen atoms in total. The van der Waals surface area contributed by atoms with Crippen LogP contribution in [0.2, 0.25) is 0 Å². The normalized spacial score (nSPS) is 7.43. The van der Waals surface area contributed by atoms with E-state index >= 15 is 0 Å². The van der Waals surface area contributed by atoms with Gasteiger partial charge in [-0.05, 0) is 24.3 Å². The second-order valence-electron chi connectivity index (χ2n) is 5.15. The number of nitrogens with zero attached hydrogens (tertiary/aromatic N) is 6. The van der Waals surface area contributed by atoms with Crippen molar-refractivity contribution < 1.29 is 27.3 Å². The second-order valence-corrected chi connectivity index (χ2v) is 5.51. The van der Waals surface area contributed by atoms with E-state index in [4.69, 9.17) is 21.0 Å². The molecule has 4 aromatic heterocycles. The van der Waals surface area contributed by atoms with Gasteiger partial charge in [-0.25, -0.2) is 0 Å². The Labute approximate surface area is 226 Å². The molecule has 0 saturated heterocycles. The predicted octanol–water partition coefficient (Wildman–Crippen LogP) is 4.82. The SMILES string of the molecule is CO.CO.[Fe+2].[N-]=C=S.[N-]=C=S.c1cncc(-c2cccnc2)c1.c1cncc(-c2cccnc2)c1. The second kappa shape index (κ2) is 28.7. The van der Waals surface area contributed by atoms with Gasteiger partial charge in [0, 0.05) is 86.0 Å². The van der Waals surface area contributed by atoms with Gasteiger partial charge in [0.05, 0.1) is 0 Å². The Hall–Kier alpha value is -3.36. The van der Waals surface area contributed by atoms with E-state index in [2.05, 4.69) is 44.4 Å². The zero-order chi connectivity index (χ0) is 25.9. The van der Waals surface area contributed by atoms with Gasteiger partial charge in [-0.15, -0.1) is 0 Å². The molecule has 0 aliphatic heterocycles. The fourth-order valence-electron chi connectivity index (χ4n) is 2.13. The number of aromatic nitrogens is 4. The van der Waals surface area contributed by atoms with Crippen LogP contribution in [0.15, 0.2) is 98.1 Å². The quantitative estimate of drug-likeness (QED) is 0.207. The third-order valence-corrected chi connectivity index (χ3v) is 3.31. The molecule has 0 saturated carbocycles. The monoisotopic (exact) mass is 548 g/mol. The number of rotatable bonds is 2. The maximum Gasteiger partial charge on any atom is 2.00 e. The molecule has 4 heterocycles. The molecule has 0 bridgehead atoms. The molecule has 0 spiro atoms. The van der Waals surface area contributed by atoms with Gasteiger partial charge in [0.25, 0.3) is 0 Å². The van der Waals surface area contributed by atoms with Crippen molar-refractivity contribution in [2.45, 2.75) is 0 Å². The molecule has 0 amide bonds. The van der Waals surface area contributed by atoms with E-state index in [-0.39, 0.29) is 17.1 Å². The molecule has 4 aromatic rings. The molecule has 0 radical (unpaired) electrons. The largest absolute Gasteiger partial charge is 2.00 e. The summed E-state index contributed by atoms with van der Waals surface area (Å²) in [5, 5.41) is 30.9. The van der Waals surface area contributed by atoms with Crippen LogP contribution < -0.4 is 0 Å². The first kappa shape index (κ1) is 36.2. The topological polar surface area (TPSA) is 137 Å². The van der Waals surface area contributed by atoms with E-state index < -0.39 is 0 Å². The van der Waals surface area contributed by atoms with Crippen LogP contribution in [0, 0.1) is 0 Å². The summed E-state index contributed by atoms with van der Waals surface area (Å²) in [5.74, 6) is 0. The summed E-state index contributed by atoms with van der Waals surface area (Å²) in [6, 6.07) is 15.7. The summed E-state index contributed by atoms with van der Waals surface area (Å²) >= 11 is 7.40. The smallest absolute Gasteiger partial charge is 0.753 e. The van der Waals surface area contributed by atoms with Crippen LogP contribution in [-0.2, 0) is 17.1 Å². The minimum absolute atomic E-state index is 0. The van der Waals surface area contributed by atoms with Crippen molar-refractivity contribution in [2.24, 2.45) is 0 Å². The predicted molar refractivity (Wildman–Crippen MR) is 143 cm³/mol. The molecular weight excluding hydrogens is 524 g/mol. The van der Waals surface area contributed by atoms with Crippen LogP contribution in [0.25, 0.3) is 33.1 Å². The summed E-state index contributed by atoms with van der Waals surface area (Å²) in [5.41, 5.74) is 4.41. The molecule has 4 rings (SSSR count). The molecule has 0 aliphatic rings. The Balaban J connectivity index is -0.000000421. The number of hydrogen-bond acceptors (Lipinski definition) is 8. The molecule has 35 heavy (non-hydrogen) atoms. The number of pyridine rings is 4. The average Bonchev–Trinajstić information content (AvgIpc) is 2.94. The Morgan fingerprint density at radius 3 is 0.829 bits per heavy atom. The summed E-state index contributed by atoms with van der Waals surface area (Å²) < 4.78 is 0. The van der Waals surface area contributed by atoms with Crippen LogP contribution in [0.4, 0.5) is 0 Å². The maximum atomic E-state index is 7.13. The van der Waals surface area contributed by atoms with Gasteiger partial charge in [-0.2, -0.15) is 10.3 Å². The first-order valence-electron chi connectivity index (χ1n) is 9.29. The first-order chi connectivity index (χ1) is 16.8. The van der Waals surface area contributed by atoms with Crippen molar-refractivity contribution in [2.75, 3.05) is 14.2 Å². The van der Waals surface area contributed by atoms with E-state index in [0.29, 0.717) is 0 Å². The first-order valence-corrected chi connectivity index (χ1v) is 10.1. The van der Waals surface area contributed by atoms with Gasteiger partial charge in [-0.1, -0.05) is 48.7 Å². The third kappa shape index (κ3) is 18.7. The summed E-state index contributed by atoms with van der Waals surface area (Å²) in [6.07, 6.45) is 14.4. The number of aliphatic hydroxyl groups excluding tert-OH is 2. The molecule has 0 atom stereocenters. The van der Waals surface area contributed by atoms with Crippen molar-refractivity contribution in [3.63, 3.8) is 0 Å². The molecule has 0 fully saturated rings. The Bertz CT molecular complexity index is 875. The fraction of sp³-hybridized carbons (Fsp3) is 0.0833. The molecular formula is C24H24FeN6O2S2. The van der Waals surface area contributed by atoms with Gasteiger partial charge in [0.1, 0.15) is 0 Å². The molecule has 0 unspecified atom stereocenters. The number of hydrogen-bond donors (Lipinski definition) is 2. The standard InChI is InChI=1S/2C10H8N2.2CNS.2CH4O.Fe/c2*1-3-9(7-11-5-1)10-4-2-6-12-8-10;2*2-1-3;2*1-2;/h2*1-8H;;;2*2H,1H3;/q;;2*-1;;;+2. The van der Waals surface area contributed by atoms with Crippen LogP contribution in [0.5, 0.6) is 0 Å². The number of aliphatic hydroxyl groups is 2. The fourth-order valence-corrected chi connectivity index (χ4v) is 2.13. The minimum Gasteiger partial charge on any atom is -0.753 e. The van der Waals surface area contributed by atoms with Crippen molar-refractivity contribution in [3.05, 3.63) is 109 Å². The van der Waals surface area contributed by atoms with Crippen molar-refractivity contribution in [1.29, 1.82) is 0 Å². The Kier molecular flexibility index (Phi) is 29.7. The van der Waals surface area contributed by atoms with Gasteiger partial charge < -0.3 is 21.0 Å². The minimum atomic E-state index is 0. The maximum absolute atomic E-state index is 7.13. The van der Waals surface area contributed by atoms with Crippen LogP contribution in [0.1, 0.15) is 0 Å². The number of isothiocyanates is 2. The van der Waals surface area contributed by atoms with E-state index in [1.807, 2.05) is 73.3 Å². The number of thiocarbonyl (C=S) groups is 2. The Morgan fingerprint density at radius 2 is 0.714 bits per heavy atom.